The Morgan fingerprint density at radius 2 is 2.05 bits per heavy atom. The summed E-state index contributed by atoms with van der Waals surface area (Å²) < 4.78 is 27.5. The van der Waals surface area contributed by atoms with Gasteiger partial charge in [-0.05, 0) is 46.0 Å². The van der Waals surface area contributed by atoms with E-state index in [1.165, 1.54) is 31.9 Å². The van der Waals surface area contributed by atoms with Gasteiger partial charge in [0.15, 0.2) is 17.2 Å². The molecular formula is C29H40N2O8. The third-order valence-corrected chi connectivity index (χ3v) is 6.31. The maximum absolute atomic E-state index is 13.3. The molecule has 0 bridgehead atoms. The van der Waals surface area contributed by atoms with E-state index >= 15 is 0 Å². The Labute approximate surface area is 230 Å². The average molecular weight is 545 g/mol. The van der Waals surface area contributed by atoms with Gasteiger partial charge in [0.1, 0.15) is 12.1 Å². The number of carbonyl (C=O) groups is 3. The third kappa shape index (κ3) is 9.55. The molecule has 0 saturated carbocycles. The summed E-state index contributed by atoms with van der Waals surface area (Å²) in [6, 6.07) is 0.594. The normalized spacial score (nSPS) is 22.2. The second kappa shape index (κ2) is 16.3. The predicted octanol–water partition coefficient (Wildman–Crippen LogP) is 4.30. The Morgan fingerprint density at radius 1 is 1.28 bits per heavy atom. The number of aromatic nitrogens is 1. The SMILES string of the molecule is C=CCOC1C(CC(C=CC)=CC)CCCC(NC(=O)c2nccc(OC)c2OCOC(C)=O)C(=O)OC1C. The first kappa shape index (κ1) is 31.6. The van der Waals surface area contributed by atoms with Crippen LogP contribution in [0.2, 0.25) is 0 Å². The van der Waals surface area contributed by atoms with E-state index in [1.54, 1.807) is 13.0 Å². The molecule has 1 aliphatic heterocycles. The van der Waals surface area contributed by atoms with Gasteiger partial charge in [-0.2, -0.15) is 0 Å². The maximum atomic E-state index is 13.3. The van der Waals surface area contributed by atoms with Crippen LogP contribution in [0, 0.1) is 5.92 Å². The van der Waals surface area contributed by atoms with Crippen molar-refractivity contribution in [1.82, 2.24) is 10.3 Å². The monoisotopic (exact) mass is 544 g/mol. The van der Waals surface area contributed by atoms with Crippen molar-refractivity contribution < 1.29 is 38.1 Å². The minimum Gasteiger partial charge on any atom is -0.493 e. The highest BCUT2D eigenvalue weighted by molar-refractivity contribution is 5.98. The van der Waals surface area contributed by atoms with Gasteiger partial charge >= 0.3 is 11.9 Å². The number of pyridine rings is 1. The Hall–Kier alpha value is -3.66. The van der Waals surface area contributed by atoms with Crippen LogP contribution in [0.5, 0.6) is 11.5 Å². The van der Waals surface area contributed by atoms with E-state index < -0.39 is 36.8 Å². The van der Waals surface area contributed by atoms with E-state index in [0.717, 1.165) is 12.8 Å². The zero-order chi connectivity index (χ0) is 28.8. The van der Waals surface area contributed by atoms with Crippen LogP contribution < -0.4 is 14.8 Å². The molecule has 10 nitrogen and oxygen atoms in total. The number of cyclic esters (lactones) is 1. The summed E-state index contributed by atoms with van der Waals surface area (Å²) in [4.78, 5) is 41.7. The molecule has 1 N–H and O–H groups in total. The van der Waals surface area contributed by atoms with Gasteiger partial charge in [0.05, 0.1) is 19.8 Å². The van der Waals surface area contributed by atoms with Crippen molar-refractivity contribution in [1.29, 1.82) is 0 Å². The van der Waals surface area contributed by atoms with Crippen molar-refractivity contribution >= 4 is 17.8 Å². The summed E-state index contributed by atoms with van der Waals surface area (Å²) in [6.45, 7) is 10.6. The molecule has 1 fully saturated rings. The number of esters is 2. The van der Waals surface area contributed by atoms with Crippen LogP contribution >= 0.6 is 0 Å². The van der Waals surface area contributed by atoms with Crippen LogP contribution in [-0.4, -0.2) is 61.6 Å². The smallest absolute Gasteiger partial charge is 0.329 e. The zero-order valence-corrected chi connectivity index (χ0v) is 23.4. The number of hydrogen-bond acceptors (Lipinski definition) is 9. The van der Waals surface area contributed by atoms with E-state index in [-0.39, 0.29) is 29.2 Å². The molecule has 39 heavy (non-hydrogen) atoms. The van der Waals surface area contributed by atoms with Gasteiger partial charge in [0.25, 0.3) is 5.91 Å². The van der Waals surface area contributed by atoms with Gasteiger partial charge in [-0.15, -0.1) is 6.58 Å². The predicted molar refractivity (Wildman–Crippen MR) is 145 cm³/mol. The molecule has 214 valence electrons. The molecule has 0 radical (unpaired) electrons. The average Bonchev–Trinajstić information content (AvgIpc) is 2.95. The topological polar surface area (TPSA) is 122 Å². The minimum absolute atomic E-state index is 0.00985. The largest absolute Gasteiger partial charge is 0.493 e. The molecular weight excluding hydrogens is 504 g/mol. The van der Waals surface area contributed by atoms with Crippen LogP contribution in [0.1, 0.15) is 63.9 Å². The van der Waals surface area contributed by atoms with Crippen molar-refractivity contribution in [2.45, 2.75) is 71.6 Å². The molecule has 1 saturated heterocycles. The van der Waals surface area contributed by atoms with E-state index in [2.05, 4.69) is 29.0 Å². The molecule has 1 aliphatic rings. The lowest BCUT2D eigenvalue weighted by atomic mass is 9.86. The van der Waals surface area contributed by atoms with Gasteiger partial charge < -0.3 is 29.0 Å². The fourth-order valence-corrected chi connectivity index (χ4v) is 4.47. The molecule has 4 atom stereocenters. The summed E-state index contributed by atoms with van der Waals surface area (Å²) in [5.74, 6) is -1.46. The Morgan fingerprint density at radius 3 is 2.69 bits per heavy atom. The van der Waals surface area contributed by atoms with Crippen LogP contribution in [0.4, 0.5) is 0 Å². The van der Waals surface area contributed by atoms with Gasteiger partial charge in [0, 0.05) is 19.2 Å². The number of ether oxygens (including phenoxy) is 5. The van der Waals surface area contributed by atoms with E-state index in [0.29, 0.717) is 19.4 Å². The van der Waals surface area contributed by atoms with Crippen LogP contribution in [0.3, 0.4) is 0 Å². The maximum Gasteiger partial charge on any atom is 0.329 e. The molecule has 4 unspecified atom stereocenters. The summed E-state index contributed by atoms with van der Waals surface area (Å²) >= 11 is 0. The molecule has 10 heteroatoms. The first-order valence-electron chi connectivity index (χ1n) is 13.1. The van der Waals surface area contributed by atoms with Crippen molar-refractivity contribution in [3.05, 3.63) is 54.4 Å². The quantitative estimate of drug-likeness (QED) is 0.178. The lowest BCUT2D eigenvalue weighted by Gasteiger charge is -2.31. The second-order valence-electron chi connectivity index (χ2n) is 9.10. The van der Waals surface area contributed by atoms with E-state index in [1.807, 2.05) is 19.9 Å². The third-order valence-electron chi connectivity index (χ3n) is 6.31. The second-order valence-corrected chi connectivity index (χ2v) is 9.10. The van der Waals surface area contributed by atoms with Crippen LogP contribution in [0.15, 0.2) is 48.7 Å². The molecule has 1 amide bonds. The highest BCUT2D eigenvalue weighted by Crippen LogP contribution is 2.31. The molecule has 1 aromatic rings. The fraction of sp³-hybridized carbons (Fsp3) is 0.517. The van der Waals surface area contributed by atoms with Crippen molar-refractivity contribution in [3.8, 4) is 11.5 Å². The van der Waals surface area contributed by atoms with Gasteiger partial charge in [-0.25, -0.2) is 9.78 Å². The molecule has 2 heterocycles. The Bertz CT molecular complexity index is 1050. The number of methoxy groups -OCH3 is 1. The highest BCUT2D eigenvalue weighted by atomic mass is 16.7. The standard InChI is InChI=1S/C29H40N2O8/c1-7-11-21(9-3)17-22-12-10-13-23(29(34)39-19(4)26(22)36-16-8-2)31-28(33)25-27(38-18-37-20(5)32)24(35-6)14-15-30-25/h7-9,11,14-15,19,22-23,26H,2,10,12-13,16-18H2,1,3-6H3,(H,31,33). The van der Waals surface area contributed by atoms with Crippen molar-refractivity contribution in [2.24, 2.45) is 5.92 Å². The van der Waals surface area contributed by atoms with Crippen LogP contribution in [0.25, 0.3) is 0 Å². The summed E-state index contributed by atoms with van der Waals surface area (Å²) in [5.41, 5.74) is 1.05. The summed E-state index contributed by atoms with van der Waals surface area (Å²) in [6.07, 6.45) is 10.8. The Balaban J connectivity index is 2.26. The number of rotatable bonds is 12. The van der Waals surface area contributed by atoms with Gasteiger partial charge in [0.2, 0.25) is 6.79 Å². The number of carbonyl (C=O) groups excluding carboxylic acids is 3. The fourth-order valence-electron chi connectivity index (χ4n) is 4.47. The van der Waals surface area contributed by atoms with Gasteiger partial charge in [-0.1, -0.05) is 36.3 Å². The number of amides is 1. The number of nitrogens with zero attached hydrogens (tertiary/aromatic N) is 1. The van der Waals surface area contributed by atoms with Crippen molar-refractivity contribution in [2.75, 3.05) is 20.5 Å². The minimum atomic E-state index is -0.912. The Kier molecular flexibility index (Phi) is 13.2. The number of allylic oxidation sites excluding steroid dienone is 4. The molecule has 0 aliphatic carbocycles. The lowest BCUT2D eigenvalue weighted by Crippen LogP contribution is -2.44. The molecule has 2 rings (SSSR count). The van der Waals surface area contributed by atoms with Crippen LogP contribution in [-0.2, 0) is 23.8 Å². The number of nitrogens with one attached hydrogen (secondary N) is 1. The first-order valence-corrected chi connectivity index (χ1v) is 13.1. The first-order chi connectivity index (χ1) is 18.7. The van der Waals surface area contributed by atoms with Gasteiger partial charge in [-0.3, -0.25) is 9.59 Å². The summed E-state index contributed by atoms with van der Waals surface area (Å²) in [5, 5.41) is 2.74. The van der Waals surface area contributed by atoms with E-state index in [4.69, 9.17) is 23.7 Å². The molecule has 0 spiro atoms. The zero-order valence-electron chi connectivity index (χ0n) is 23.4. The van der Waals surface area contributed by atoms with E-state index in [9.17, 15) is 14.4 Å². The van der Waals surface area contributed by atoms with Crippen molar-refractivity contribution in [3.63, 3.8) is 0 Å². The number of hydrogen-bond donors (Lipinski definition) is 1. The summed E-state index contributed by atoms with van der Waals surface area (Å²) in [7, 11) is 1.41. The molecule has 1 aromatic heterocycles. The lowest BCUT2D eigenvalue weighted by molar-refractivity contribution is -0.160. The molecule has 0 aromatic carbocycles. The highest BCUT2D eigenvalue weighted by Gasteiger charge is 2.35.